The van der Waals surface area contributed by atoms with Crippen LogP contribution in [0.25, 0.3) is 0 Å². The van der Waals surface area contributed by atoms with Crippen molar-refractivity contribution in [3.05, 3.63) is 17.0 Å². The highest BCUT2D eigenvalue weighted by Gasteiger charge is 2.31. The molecule has 0 N–H and O–H groups in total. The van der Waals surface area contributed by atoms with Crippen molar-refractivity contribution in [3.63, 3.8) is 0 Å². The molecule has 0 spiro atoms. The van der Waals surface area contributed by atoms with Crippen molar-refractivity contribution in [1.82, 2.24) is 9.78 Å². The smallest absolute Gasteiger partial charge is 0.160 e. The molecule has 0 saturated heterocycles. The van der Waals surface area contributed by atoms with E-state index in [4.69, 9.17) is 5.26 Å². The van der Waals surface area contributed by atoms with E-state index in [1.54, 1.807) is 4.68 Å². The second kappa shape index (κ2) is 2.82. The summed E-state index contributed by atoms with van der Waals surface area (Å²) in [5, 5.41) is 13.0. The van der Waals surface area contributed by atoms with E-state index in [2.05, 4.69) is 5.10 Å². The molecule has 6 heteroatoms. The summed E-state index contributed by atoms with van der Waals surface area (Å²) >= 11 is 0. The monoisotopic (exact) mass is 211 g/mol. The van der Waals surface area contributed by atoms with Gasteiger partial charge in [0.1, 0.15) is 11.8 Å². The van der Waals surface area contributed by atoms with Gasteiger partial charge in [0.2, 0.25) is 0 Å². The minimum atomic E-state index is -3.05. The molecule has 0 aliphatic carbocycles. The van der Waals surface area contributed by atoms with Gasteiger partial charge in [-0.1, -0.05) is 0 Å². The Morgan fingerprint density at radius 2 is 2.29 bits per heavy atom. The lowest BCUT2D eigenvalue weighted by molar-refractivity contribution is 0.593. The van der Waals surface area contributed by atoms with Crippen LogP contribution in [0.1, 0.15) is 23.9 Å². The lowest BCUT2D eigenvalue weighted by atomic mass is 10.2. The fourth-order valence-electron chi connectivity index (χ4n) is 1.65. The van der Waals surface area contributed by atoms with Gasteiger partial charge < -0.3 is 0 Å². The topological polar surface area (TPSA) is 75.8 Å². The number of hydrogen-bond acceptors (Lipinski definition) is 4. The molecule has 14 heavy (non-hydrogen) atoms. The SMILES string of the molecule is CCn1nc2c(c1C#N)CS(=O)(=O)C2. The first-order chi connectivity index (χ1) is 6.57. The third-order valence-corrected chi connectivity index (χ3v) is 3.70. The van der Waals surface area contributed by atoms with Crippen LogP contribution < -0.4 is 0 Å². The van der Waals surface area contributed by atoms with Crippen molar-refractivity contribution in [2.75, 3.05) is 0 Å². The zero-order valence-corrected chi connectivity index (χ0v) is 8.50. The Hall–Kier alpha value is -1.35. The van der Waals surface area contributed by atoms with E-state index < -0.39 is 9.84 Å². The quantitative estimate of drug-likeness (QED) is 0.665. The van der Waals surface area contributed by atoms with Gasteiger partial charge in [-0.15, -0.1) is 0 Å². The molecule has 0 aromatic carbocycles. The van der Waals surface area contributed by atoms with Crippen molar-refractivity contribution < 1.29 is 8.42 Å². The lowest BCUT2D eigenvalue weighted by Crippen LogP contribution is -2.05. The largest absolute Gasteiger partial charge is 0.255 e. The van der Waals surface area contributed by atoms with Gasteiger partial charge in [-0.3, -0.25) is 4.68 Å². The maximum absolute atomic E-state index is 11.3. The van der Waals surface area contributed by atoms with E-state index in [9.17, 15) is 8.42 Å². The van der Waals surface area contributed by atoms with Crippen molar-refractivity contribution in [1.29, 1.82) is 5.26 Å². The minimum Gasteiger partial charge on any atom is -0.255 e. The normalized spacial score (nSPS) is 17.7. The molecule has 5 nitrogen and oxygen atoms in total. The molecule has 1 aromatic heterocycles. The third kappa shape index (κ3) is 1.21. The first kappa shape index (κ1) is 9.21. The van der Waals surface area contributed by atoms with E-state index in [1.165, 1.54) is 0 Å². The fourth-order valence-corrected chi connectivity index (χ4v) is 3.14. The summed E-state index contributed by atoms with van der Waals surface area (Å²) in [5.41, 5.74) is 1.53. The van der Waals surface area contributed by atoms with Gasteiger partial charge in [0, 0.05) is 12.1 Å². The van der Waals surface area contributed by atoms with Crippen molar-refractivity contribution in [3.8, 4) is 6.07 Å². The Morgan fingerprint density at radius 3 is 2.86 bits per heavy atom. The van der Waals surface area contributed by atoms with Gasteiger partial charge >= 0.3 is 0 Å². The van der Waals surface area contributed by atoms with E-state index in [-0.39, 0.29) is 11.5 Å². The molecule has 0 saturated carbocycles. The van der Waals surface area contributed by atoms with Crippen LogP contribution in [0.2, 0.25) is 0 Å². The standard InChI is InChI=1S/C8H9N3O2S/c1-2-11-8(3-9)6-4-14(12,13)5-7(6)10-11/h2,4-5H2,1H3. The maximum Gasteiger partial charge on any atom is 0.160 e. The second-order valence-electron chi connectivity index (χ2n) is 3.23. The minimum absolute atomic E-state index is 0.0238. The molecule has 2 heterocycles. The zero-order valence-electron chi connectivity index (χ0n) is 7.69. The Balaban J connectivity index is 2.60. The molecular formula is C8H9N3O2S. The fraction of sp³-hybridized carbons (Fsp3) is 0.500. The lowest BCUT2D eigenvalue weighted by Gasteiger charge is -1.98. The summed E-state index contributed by atoms with van der Waals surface area (Å²) in [6.45, 7) is 2.47. The van der Waals surface area contributed by atoms with Crippen LogP contribution in [0.3, 0.4) is 0 Å². The Bertz CT molecular complexity index is 522. The van der Waals surface area contributed by atoms with Crippen LogP contribution in [0, 0.1) is 11.3 Å². The molecule has 1 aromatic rings. The predicted molar refractivity (Wildman–Crippen MR) is 48.9 cm³/mol. The molecule has 1 aliphatic heterocycles. The highest BCUT2D eigenvalue weighted by atomic mass is 32.2. The molecule has 74 valence electrons. The van der Waals surface area contributed by atoms with Crippen molar-refractivity contribution in [2.45, 2.75) is 25.0 Å². The molecule has 0 atom stereocenters. The molecule has 0 unspecified atom stereocenters. The van der Waals surface area contributed by atoms with Crippen LogP contribution in [0.5, 0.6) is 0 Å². The van der Waals surface area contributed by atoms with Gasteiger partial charge in [0.25, 0.3) is 0 Å². The first-order valence-electron chi connectivity index (χ1n) is 4.26. The highest BCUT2D eigenvalue weighted by Crippen LogP contribution is 2.26. The summed E-state index contributed by atoms with van der Waals surface area (Å²) in [6, 6.07) is 2.00. The Labute approximate surface area is 81.9 Å². The second-order valence-corrected chi connectivity index (χ2v) is 5.30. The number of nitriles is 1. The van der Waals surface area contributed by atoms with Crippen molar-refractivity contribution in [2.24, 2.45) is 0 Å². The number of hydrogen-bond donors (Lipinski definition) is 0. The third-order valence-electron chi connectivity index (χ3n) is 2.26. The number of rotatable bonds is 1. The number of aromatic nitrogens is 2. The molecule has 2 rings (SSSR count). The van der Waals surface area contributed by atoms with Gasteiger partial charge in [0.05, 0.1) is 17.2 Å². The number of fused-ring (bicyclic) bond motifs is 1. The number of aryl methyl sites for hydroxylation is 1. The van der Waals surface area contributed by atoms with E-state index in [0.717, 1.165) is 0 Å². The van der Waals surface area contributed by atoms with E-state index >= 15 is 0 Å². The summed E-state index contributed by atoms with van der Waals surface area (Å²) in [5.74, 6) is -0.0603. The summed E-state index contributed by atoms with van der Waals surface area (Å²) in [4.78, 5) is 0. The predicted octanol–water partition coefficient (Wildman–Crippen LogP) is 0.203. The molecular weight excluding hydrogens is 202 g/mol. The van der Waals surface area contributed by atoms with Crippen LogP contribution in [0.4, 0.5) is 0 Å². The Kier molecular flexibility index (Phi) is 1.86. The van der Waals surface area contributed by atoms with Gasteiger partial charge in [-0.2, -0.15) is 10.4 Å². The summed E-state index contributed by atoms with van der Waals surface area (Å²) < 4.78 is 24.1. The van der Waals surface area contributed by atoms with Gasteiger partial charge in [0.15, 0.2) is 9.84 Å². The van der Waals surface area contributed by atoms with Crippen LogP contribution >= 0.6 is 0 Å². The Morgan fingerprint density at radius 1 is 1.57 bits per heavy atom. The molecule has 0 radical (unpaired) electrons. The van der Waals surface area contributed by atoms with Gasteiger partial charge in [-0.25, -0.2) is 8.42 Å². The summed E-state index contributed by atoms with van der Waals surface area (Å²) in [7, 11) is -3.05. The van der Waals surface area contributed by atoms with Crippen LogP contribution in [-0.2, 0) is 27.9 Å². The summed E-state index contributed by atoms with van der Waals surface area (Å²) in [6.07, 6.45) is 0. The van der Waals surface area contributed by atoms with Gasteiger partial charge in [-0.05, 0) is 6.92 Å². The average Bonchev–Trinajstić information content (AvgIpc) is 2.55. The molecule has 1 aliphatic rings. The van der Waals surface area contributed by atoms with E-state index in [1.807, 2.05) is 13.0 Å². The molecule has 0 bridgehead atoms. The number of sulfone groups is 1. The van der Waals surface area contributed by atoms with Crippen LogP contribution in [-0.4, -0.2) is 18.2 Å². The molecule has 0 fully saturated rings. The van der Waals surface area contributed by atoms with E-state index in [0.29, 0.717) is 23.5 Å². The zero-order chi connectivity index (χ0) is 10.3. The highest BCUT2D eigenvalue weighted by molar-refractivity contribution is 7.90. The number of nitrogens with zero attached hydrogens (tertiary/aromatic N) is 3. The molecule has 0 amide bonds. The average molecular weight is 211 g/mol. The maximum atomic E-state index is 11.3. The first-order valence-corrected chi connectivity index (χ1v) is 6.08. The van der Waals surface area contributed by atoms with Crippen LogP contribution in [0.15, 0.2) is 0 Å². The van der Waals surface area contributed by atoms with Crippen molar-refractivity contribution >= 4 is 9.84 Å².